The maximum atomic E-state index is 13.7. The van der Waals surface area contributed by atoms with E-state index in [2.05, 4.69) is 17.4 Å². The van der Waals surface area contributed by atoms with Crippen LogP contribution in [0.5, 0.6) is 0 Å². The van der Waals surface area contributed by atoms with Crippen molar-refractivity contribution in [2.45, 2.75) is 82.4 Å². The summed E-state index contributed by atoms with van der Waals surface area (Å²) in [5, 5.41) is 27.2. The number of amidine groups is 1. The fraction of sp³-hybridized carbons (Fsp3) is 0.654. The van der Waals surface area contributed by atoms with Gasteiger partial charge < -0.3 is 25.4 Å². The Morgan fingerprint density at radius 1 is 1.15 bits per heavy atom. The zero-order chi connectivity index (χ0) is 24.1. The van der Waals surface area contributed by atoms with E-state index in [0.717, 1.165) is 44.1 Å². The van der Waals surface area contributed by atoms with Gasteiger partial charge in [-0.05, 0) is 38.0 Å². The lowest BCUT2D eigenvalue weighted by Gasteiger charge is -2.53. The molecule has 1 aromatic rings. The van der Waals surface area contributed by atoms with Crippen LogP contribution in [-0.4, -0.2) is 75.1 Å². The summed E-state index contributed by atoms with van der Waals surface area (Å²) in [6.07, 6.45) is 6.87. The summed E-state index contributed by atoms with van der Waals surface area (Å²) < 4.78 is 0. The second kappa shape index (κ2) is 10.8. The predicted octanol–water partition coefficient (Wildman–Crippen LogP) is 2.73. The average molecular weight is 471 g/mol. The number of nitrogens with one attached hydrogen (secondary N) is 1. The number of piperidine rings is 1. The van der Waals surface area contributed by atoms with Gasteiger partial charge in [-0.3, -0.25) is 9.59 Å². The first kappa shape index (κ1) is 24.5. The van der Waals surface area contributed by atoms with Gasteiger partial charge in [0.15, 0.2) is 5.84 Å². The van der Waals surface area contributed by atoms with Gasteiger partial charge in [0, 0.05) is 25.2 Å². The number of amides is 2. The fourth-order valence-corrected chi connectivity index (χ4v) is 5.93. The van der Waals surface area contributed by atoms with Crippen LogP contribution in [0.2, 0.25) is 0 Å². The van der Waals surface area contributed by atoms with Crippen molar-refractivity contribution < 1.29 is 19.9 Å². The quantitative estimate of drug-likeness (QED) is 0.257. The fourth-order valence-electron chi connectivity index (χ4n) is 5.93. The minimum atomic E-state index is -0.928. The van der Waals surface area contributed by atoms with Crippen LogP contribution < -0.4 is 5.32 Å². The summed E-state index contributed by atoms with van der Waals surface area (Å²) in [5.41, 5.74) is -0.119. The third-order valence-corrected chi connectivity index (χ3v) is 7.98. The Morgan fingerprint density at radius 2 is 1.82 bits per heavy atom. The highest BCUT2D eigenvalue weighted by atomic mass is 16.4. The molecule has 0 bridgehead atoms. The predicted molar refractivity (Wildman–Crippen MR) is 129 cm³/mol. The maximum Gasteiger partial charge on any atom is 0.248 e. The molecule has 0 radical (unpaired) electrons. The number of likely N-dealkylation sites (tertiary alicyclic amines) is 1. The first-order valence-corrected chi connectivity index (χ1v) is 12.8. The van der Waals surface area contributed by atoms with Crippen LogP contribution in [-0.2, 0) is 9.59 Å². The first-order chi connectivity index (χ1) is 16.5. The van der Waals surface area contributed by atoms with Crippen LogP contribution in [0.3, 0.4) is 0 Å². The Bertz CT molecular complexity index is 876. The van der Waals surface area contributed by atoms with Crippen molar-refractivity contribution in [2.75, 3.05) is 19.6 Å². The number of piperazine rings is 1. The van der Waals surface area contributed by atoms with Crippen LogP contribution in [0.1, 0.15) is 70.3 Å². The number of nitrogens with zero attached hydrogens (tertiary/aromatic N) is 3. The van der Waals surface area contributed by atoms with Gasteiger partial charge in [-0.15, -0.1) is 0 Å². The smallest absolute Gasteiger partial charge is 0.248 e. The van der Waals surface area contributed by atoms with E-state index in [1.807, 2.05) is 35.2 Å². The van der Waals surface area contributed by atoms with E-state index in [1.165, 1.54) is 6.42 Å². The number of unbranched alkanes of at least 4 members (excludes halogenated alkanes) is 1. The number of carbonyl (C=O) groups is 2. The number of aliphatic hydroxyl groups excluding tert-OH is 1. The molecule has 8 nitrogen and oxygen atoms in total. The van der Waals surface area contributed by atoms with E-state index >= 15 is 0 Å². The van der Waals surface area contributed by atoms with Crippen molar-refractivity contribution >= 4 is 17.6 Å². The summed E-state index contributed by atoms with van der Waals surface area (Å²) in [6.45, 7) is 3.57. The average Bonchev–Trinajstić information content (AvgIpc) is 2.88. The molecule has 1 spiro atoms. The molecular formula is C26H38N4O4. The van der Waals surface area contributed by atoms with Gasteiger partial charge >= 0.3 is 0 Å². The molecule has 8 heteroatoms. The first-order valence-electron chi connectivity index (χ1n) is 12.8. The normalized spacial score (nSPS) is 24.9. The molecular weight excluding hydrogens is 432 g/mol. The standard InChI is InChI=1S/C26H38N4O4/c1-2-3-16-30-24(32)21(22(31)19-10-6-4-7-11-19)27-25(33)26(30)14-17-29(18-15-26)23(28-34)20-12-8-5-9-13-20/h5,8-9,12-13,19,21-22,31,34H,2-4,6-7,10-11,14-18H2,1H3,(H,27,33)/b28-23-/t21-,22-/m1/s1. The molecule has 2 heterocycles. The van der Waals surface area contributed by atoms with Crippen molar-refractivity contribution in [1.82, 2.24) is 15.1 Å². The van der Waals surface area contributed by atoms with Gasteiger partial charge in [0.2, 0.25) is 11.8 Å². The molecule has 186 valence electrons. The van der Waals surface area contributed by atoms with Crippen LogP contribution in [0.15, 0.2) is 35.5 Å². The van der Waals surface area contributed by atoms with Gasteiger partial charge in [0.05, 0.1) is 6.10 Å². The third kappa shape index (κ3) is 4.65. The SMILES string of the molecule is CCCCN1C(=O)[C@@H]([C@H](O)C2CCCCC2)NC(=O)C12CCN(/C(=N\O)c1ccccc1)CC2. The molecule has 2 aliphatic heterocycles. The zero-order valence-corrected chi connectivity index (χ0v) is 20.2. The molecule has 1 saturated carbocycles. The summed E-state index contributed by atoms with van der Waals surface area (Å²) in [4.78, 5) is 31.0. The van der Waals surface area contributed by atoms with Crippen molar-refractivity contribution in [3.05, 3.63) is 35.9 Å². The second-order valence-corrected chi connectivity index (χ2v) is 9.99. The molecule has 0 unspecified atom stereocenters. The third-order valence-electron chi connectivity index (χ3n) is 7.98. The Kier molecular flexibility index (Phi) is 7.76. The van der Waals surface area contributed by atoms with Crippen molar-refractivity contribution in [2.24, 2.45) is 11.1 Å². The number of hydrogen-bond acceptors (Lipinski definition) is 5. The van der Waals surface area contributed by atoms with Gasteiger partial charge in [0.25, 0.3) is 0 Å². The minimum absolute atomic E-state index is 0.0566. The highest BCUT2D eigenvalue weighted by Gasteiger charge is 2.55. The molecule has 2 atom stereocenters. The summed E-state index contributed by atoms with van der Waals surface area (Å²) in [5.74, 6) is 0.216. The van der Waals surface area contributed by atoms with Gasteiger partial charge in [0.1, 0.15) is 11.6 Å². The second-order valence-electron chi connectivity index (χ2n) is 9.99. The topological polar surface area (TPSA) is 105 Å². The maximum absolute atomic E-state index is 13.7. The number of rotatable bonds is 6. The number of carbonyl (C=O) groups excluding carboxylic acids is 2. The van der Waals surface area contributed by atoms with E-state index in [1.54, 1.807) is 4.90 Å². The summed E-state index contributed by atoms with van der Waals surface area (Å²) >= 11 is 0. The van der Waals surface area contributed by atoms with Crippen LogP contribution in [0, 0.1) is 5.92 Å². The largest absolute Gasteiger partial charge is 0.409 e. The lowest BCUT2D eigenvalue weighted by atomic mass is 9.77. The molecule has 3 N–H and O–H groups in total. The van der Waals surface area contributed by atoms with Crippen molar-refractivity contribution in [3.8, 4) is 0 Å². The molecule has 2 amide bonds. The Labute approximate surface area is 202 Å². The Morgan fingerprint density at radius 3 is 2.44 bits per heavy atom. The molecule has 4 rings (SSSR count). The highest BCUT2D eigenvalue weighted by Crippen LogP contribution is 2.36. The molecule has 3 aliphatic rings. The lowest BCUT2D eigenvalue weighted by Crippen LogP contribution is -2.75. The molecule has 1 aliphatic carbocycles. The Hall–Kier alpha value is -2.61. The zero-order valence-electron chi connectivity index (χ0n) is 20.2. The Balaban J connectivity index is 1.53. The van der Waals surface area contributed by atoms with Crippen LogP contribution in [0.4, 0.5) is 0 Å². The van der Waals surface area contributed by atoms with Gasteiger partial charge in [-0.1, -0.05) is 68.1 Å². The van der Waals surface area contributed by atoms with Gasteiger partial charge in [-0.25, -0.2) is 0 Å². The number of hydrogen-bond donors (Lipinski definition) is 3. The minimum Gasteiger partial charge on any atom is -0.409 e. The number of oxime groups is 1. The van der Waals surface area contributed by atoms with Crippen LogP contribution >= 0.6 is 0 Å². The lowest BCUT2D eigenvalue weighted by molar-refractivity contribution is -0.165. The van der Waals surface area contributed by atoms with E-state index in [0.29, 0.717) is 38.3 Å². The molecule has 1 aromatic carbocycles. The molecule has 3 fully saturated rings. The van der Waals surface area contributed by atoms with E-state index in [-0.39, 0.29) is 17.7 Å². The van der Waals surface area contributed by atoms with E-state index in [9.17, 15) is 19.9 Å². The van der Waals surface area contributed by atoms with Crippen molar-refractivity contribution in [1.29, 1.82) is 0 Å². The molecule has 0 aromatic heterocycles. The number of aliphatic hydroxyl groups is 1. The van der Waals surface area contributed by atoms with Crippen molar-refractivity contribution in [3.63, 3.8) is 0 Å². The van der Waals surface area contributed by atoms with Gasteiger partial charge in [-0.2, -0.15) is 0 Å². The number of benzene rings is 1. The van der Waals surface area contributed by atoms with E-state index < -0.39 is 17.7 Å². The molecule has 34 heavy (non-hydrogen) atoms. The summed E-state index contributed by atoms with van der Waals surface area (Å²) in [6, 6.07) is 8.61. The van der Waals surface area contributed by atoms with Crippen LogP contribution in [0.25, 0.3) is 0 Å². The van der Waals surface area contributed by atoms with E-state index in [4.69, 9.17) is 0 Å². The monoisotopic (exact) mass is 470 g/mol. The summed E-state index contributed by atoms with van der Waals surface area (Å²) in [7, 11) is 0. The highest BCUT2D eigenvalue weighted by molar-refractivity contribution is 6.01. The molecule has 2 saturated heterocycles.